The number of hydrogen-bond donors (Lipinski definition) is 1. The molecule has 0 saturated heterocycles. The van der Waals surface area contributed by atoms with E-state index in [0.717, 1.165) is 33.7 Å². The fourth-order valence-corrected chi connectivity index (χ4v) is 3.54. The van der Waals surface area contributed by atoms with Crippen molar-refractivity contribution < 1.29 is 14.7 Å². The molecule has 2 aromatic rings. The second kappa shape index (κ2) is 11.9. The van der Waals surface area contributed by atoms with Gasteiger partial charge in [-0.3, -0.25) is 15.1 Å². The maximum atomic E-state index is 12.9. The van der Waals surface area contributed by atoms with Gasteiger partial charge in [0.25, 0.3) is 0 Å². The van der Waals surface area contributed by atoms with Crippen LogP contribution in [0.15, 0.2) is 61.4 Å². The number of anilines is 1. The molecule has 184 valence electrons. The topological polar surface area (TPSA) is 53.0 Å². The van der Waals surface area contributed by atoms with Gasteiger partial charge in [-0.15, -0.1) is 0 Å². The highest BCUT2D eigenvalue weighted by Crippen LogP contribution is 2.34. The van der Waals surface area contributed by atoms with Gasteiger partial charge in [-0.2, -0.15) is 0 Å². The Hall–Kier alpha value is -3.05. The van der Waals surface area contributed by atoms with E-state index < -0.39 is 0 Å². The summed E-state index contributed by atoms with van der Waals surface area (Å²) in [4.78, 5) is 14.6. The normalized spacial score (nSPS) is 12.5. The highest BCUT2D eigenvalue weighted by molar-refractivity contribution is 5.82. The number of benzene rings is 2. The first-order valence-corrected chi connectivity index (χ1v) is 11.8. The van der Waals surface area contributed by atoms with Crippen molar-refractivity contribution in [2.45, 2.75) is 54.0 Å². The third kappa shape index (κ3) is 7.77. The minimum absolute atomic E-state index is 0.0861. The molecule has 2 rings (SSSR count). The number of carbonyl (C=O) groups is 1. The summed E-state index contributed by atoms with van der Waals surface area (Å²) in [5.41, 5.74) is 4.22. The van der Waals surface area contributed by atoms with E-state index in [9.17, 15) is 10.0 Å². The Bertz CT molecular complexity index is 1020. The van der Waals surface area contributed by atoms with Crippen LogP contribution in [0.25, 0.3) is 16.9 Å². The van der Waals surface area contributed by atoms with E-state index in [-0.39, 0.29) is 11.3 Å². The average Bonchev–Trinajstić information content (AvgIpc) is 2.77. The molecule has 0 saturated carbocycles. The van der Waals surface area contributed by atoms with E-state index in [1.807, 2.05) is 55.6 Å². The molecule has 0 aliphatic rings. The molecule has 0 aromatic heterocycles. The fraction of sp³-hybridized carbons (Fsp3) is 0.414. The van der Waals surface area contributed by atoms with Crippen LogP contribution in [0.1, 0.15) is 58.6 Å². The molecular formula is C29H40N2O3. The summed E-state index contributed by atoms with van der Waals surface area (Å²) in [7, 11) is 3.43. The molecule has 5 nitrogen and oxygen atoms in total. The zero-order valence-electron chi connectivity index (χ0n) is 21.8. The second-order valence-electron chi connectivity index (χ2n) is 10.2. The second-order valence-corrected chi connectivity index (χ2v) is 10.2. The Morgan fingerprint density at radius 1 is 1.15 bits per heavy atom. The van der Waals surface area contributed by atoms with Crippen molar-refractivity contribution in [2.24, 2.45) is 11.3 Å². The molecule has 1 atom stereocenters. The number of hydrogen-bond acceptors (Lipinski definition) is 4. The number of amides is 1. The smallest absolute Gasteiger partial charge is 0.223 e. The van der Waals surface area contributed by atoms with E-state index >= 15 is 0 Å². The zero-order valence-corrected chi connectivity index (χ0v) is 21.8. The molecule has 0 heterocycles. The molecule has 0 aliphatic carbocycles. The Balaban J connectivity index is 2.45. The first kappa shape index (κ1) is 27.2. The van der Waals surface area contributed by atoms with Gasteiger partial charge in [-0.05, 0) is 47.1 Å². The van der Waals surface area contributed by atoms with Crippen LogP contribution in [0.5, 0.6) is 0 Å². The van der Waals surface area contributed by atoms with Crippen LogP contribution in [0, 0.1) is 11.3 Å². The van der Waals surface area contributed by atoms with Crippen LogP contribution in [0.3, 0.4) is 0 Å². The van der Waals surface area contributed by atoms with Crippen LogP contribution < -0.4 is 5.06 Å². The van der Waals surface area contributed by atoms with Crippen LogP contribution in [0.4, 0.5) is 5.69 Å². The molecule has 0 fully saturated rings. The predicted molar refractivity (Wildman–Crippen MR) is 141 cm³/mol. The highest BCUT2D eigenvalue weighted by atomic mass is 16.5. The van der Waals surface area contributed by atoms with Crippen molar-refractivity contribution in [1.82, 2.24) is 4.90 Å². The first-order chi connectivity index (χ1) is 15.9. The standard InChI is InChI=1S/C29H40N2O3/c1-9-21(2)16-17-34-22(3)23-14-15-25(26-12-10-11-13-27(26)31(8)33)24(18-23)20-30(7)28(32)19-29(4,5)6/h10-18,21,33H,3,9,19-20H2,1-2,4-8H3/b17-16-. The lowest BCUT2D eigenvalue weighted by atomic mass is 9.91. The van der Waals surface area contributed by atoms with Gasteiger partial charge in [0, 0.05) is 38.2 Å². The maximum Gasteiger partial charge on any atom is 0.223 e. The number of para-hydroxylation sites is 1. The van der Waals surface area contributed by atoms with E-state index in [4.69, 9.17) is 4.74 Å². The number of allylic oxidation sites excluding steroid dienone is 1. The van der Waals surface area contributed by atoms with Crippen molar-refractivity contribution >= 4 is 17.4 Å². The Kier molecular flexibility index (Phi) is 9.51. The number of rotatable bonds is 10. The van der Waals surface area contributed by atoms with Gasteiger partial charge in [0.15, 0.2) is 0 Å². The van der Waals surface area contributed by atoms with Crippen molar-refractivity contribution in [3.8, 4) is 11.1 Å². The summed E-state index contributed by atoms with van der Waals surface area (Å²) in [6.07, 6.45) is 5.22. The van der Waals surface area contributed by atoms with Crippen LogP contribution in [-0.2, 0) is 16.1 Å². The predicted octanol–water partition coefficient (Wildman–Crippen LogP) is 7.12. The van der Waals surface area contributed by atoms with E-state index in [2.05, 4.69) is 41.2 Å². The quantitative estimate of drug-likeness (QED) is 0.300. The van der Waals surface area contributed by atoms with Gasteiger partial charge in [0.2, 0.25) is 5.91 Å². The van der Waals surface area contributed by atoms with Gasteiger partial charge in [-0.1, -0.05) is 71.5 Å². The number of nitrogens with zero attached hydrogens (tertiary/aromatic N) is 2. The third-order valence-corrected chi connectivity index (χ3v) is 5.75. The average molecular weight is 465 g/mol. The lowest BCUT2D eigenvalue weighted by Crippen LogP contribution is -2.29. The minimum Gasteiger partial charge on any atom is -0.465 e. The molecule has 1 N–H and O–H groups in total. The number of hydroxylamine groups is 1. The Morgan fingerprint density at radius 3 is 2.44 bits per heavy atom. The number of carbonyl (C=O) groups excluding carboxylic acids is 1. The van der Waals surface area contributed by atoms with Gasteiger partial charge >= 0.3 is 0 Å². The van der Waals surface area contributed by atoms with E-state index in [0.29, 0.717) is 30.3 Å². The van der Waals surface area contributed by atoms with Crippen molar-refractivity contribution in [3.63, 3.8) is 0 Å². The van der Waals surface area contributed by atoms with Gasteiger partial charge < -0.3 is 9.64 Å². The highest BCUT2D eigenvalue weighted by Gasteiger charge is 2.21. The van der Waals surface area contributed by atoms with Gasteiger partial charge in [0.1, 0.15) is 5.76 Å². The molecule has 2 aromatic carbocycles. The maximum absolute atomic E-state index is 12.9. The van der Waals surface area contributed by atoms with Crippen LogP contribution >= 0.6 is 0 Å². The molecule has 0 aliphatic heterocycles. The molecule has 1 unspecified atom stereocenters. The summed E-state index contributed by atoms with van der Waals surface area (Å²) in [6.45, 7) is 15.0. The monoisotopic (exact) mass is 464 g/mol. The summed E-state index contributed by atoms with van der Waals surface area (Å²) in [5.74, 6) is 1.06. The fourth-order valence-electron chi connectivity index (χ4n) is 3.54. The first-order valence-electron chi connectivity index (χ1n) is 11.8. The SMILES string of the molecule is C=C(O/C=C\C(C)CC)c1ccc(-c2ccccc2N(C)O)c(CN(C)C(=O)CC(C)(C)C)c1. The lowest BCUT2D eigenvalue weighted by Gasteiger charge is -2.25. The summed E-state index contributed by atoms with van der Waals surface area (Å²) < 4.78 is 5.78. The molecule has 0 bridgehead atoms. The summed E-state index contributed by atoms with van der Waals surface area (Å²) in [5, 5.41) is 11.3. The summed E-state index contributed by atoms with van der Waals surface area (Å²) >= 11 is 0. The van der Waals surface area contributed by atoms with Crippen LogP contribution in [-0.4, -0.2) is 30.1 Å². The largest absolute Gasteiger partial charge is 0.465 e. The molecular weight excluding hydrogens is 424 g/mol. The molecule has 34 heavy (non-hydrogen) atoms. The minimum atomic E-state index is -0.0910. The Labute approximate surface area is 205 Å². The molecule has 5 heteroatoms. The molecule has 0 spiro atoms. The summed E-state index contributed by atoms with van der Waals surface area (Å²) in [6, 6.07) is 13.6. The van der Waals surface area contributed by atoms with Crippen molar-refractivity contribution in [1.29, 1.82) is 0 Å². The number of ether oxygens (including phenoxy) is 1. The van der Waals surface area contributed by atoms with Crippen molar-refractivity contribution in [2.75, 3.05) is 19.2 Å². The third-order valence-electron chi connectivity index (χ3n) is 5.75. The molecule has 0 radical (unpaired) electrons. The molecule has 1 amide bonds. The van der Waals surface area contributed by atoms with Crippen LogP contribution in [0.2, 0.25) is 0 Å². The lowest BCUT2D eigenvalue weighted by molar-refractivity contribution is -0.132. The van der Waals surface area contributed by atoms with Gasteiger partial charge in [-0.25, -0.2) is 0 Å². The van der Waals surface area contributed by atoms with Gasteiger partial charge in [0.05, 0.1) is 11.9 Å². The van der Waals surface area contributed by atoms with E-state index in [1.54, 1.807) is 18.2 Å². The zero-order chi connectivity index (χ0) is 25.5. The van der Waals surface area contributed by atoms with E-state index in [1.165, 1.54) is 0 Å². The Morgan fingerprint density at radius 2 is 1.82 bits per heavy atom. The van der Waals surface area contributed by atoms with Crippen molar-refractivity contribution in [3.05, 3.63) is 72.5 Å².